The Kier molecular flexibility index (Phi) is 2.89. The Morgan fingerprint density at radius 2 is 2.38 bits per heavy atom. The maximum atomic E-state index is 10.3. The van der Waals surface area contributed by atoms with E-state index in [9.17, 15) is 4.79 Å². The molecule has 0 saturated carbocycles. The number of azide groups is 1. The molecule has 0 unspecified atom stereocenters. The van der Waals surface area contributed by atoms with Gasteiger partial charge in [0.25, 0.3) is 0 Å². The van der Waals surface area contributed by atoms with Crippen LogP contribution in [0, 0.1) is 0 Å². The lowest BCUT2D eigenvalue weighted by Crippen LogP contribution is -1.99. The van der Waals surface area contributed by atoms with Crippen molar-refractivity contribution in [1.82, 2.24) is 0 Å². The summed E-state index contributed by atoms with van der Waals surface area (Å²) in [5.74, 6) is -0.905. The van der Waals surface area contributed by atoms with Gasteiger partial charge in [-0.15, -0.1) is 0 Å². The van der Waals surface area contributed by atoms with Crippen molar-refractivity contribution in [2.75, 3.05) is 0 Å². The zero-order valence-corrected chi connectivity index (χ0v) is 6.71. The lowest BCUT2D eigenvalue weighted by atomic mass is 10.1. The number of rotatable bonds is 3. The highest BCUT2D eigenvalue weighted by Crippen LogP contribution is 2.14. The van der Waals surface area contributed by atoms with E-state index in [1.165, 1.54) is 0 Å². The molecule has 0 aliphatic rings. The van der Waals surface area contributed by atoms with E-state index in [0.717, 1.165) is 0 Å². The van der Waals surface area contributed by atoms with Crippen LogP contribution in [0.4, 0.5) is 5.69 Å². The summed E-state index contributed by atoms with van der Waals surface area (Å²) >= 11 is 0. The van der Waals surface area contributed by atoms with Crippen LogP contribution in [0.5, 0.6) is 0 Å². The Labute approximate surface area is 74.3 Å². The minimum absolute atomic E-state index is 0.0607. The average molecular weight is 177 g/mol. The number of benzene rings is 1. The summed E-state index contributed by atoms with van der Waals surface area (Å²) in [6.45, 7) is 0. The third-order valence-electron chi connectivity index (χ3n) is 1.43. The van der Waals surface area contributed by atoms with Crippen LogP contribution < -0.4 is 0 Å². The van der Waals surface area contributed by atoms with E-state index in [0.29, 0.717) is 11.3 Å². The Hall–Kier alpha value is -2.00. The Balaban J connectivity index is 2.91. The predicted molar refractivity (Wildman–Crippen MR) is 46.6 cm³/mol. The highest BCUT2D eigenvalue weighted by molar-refractivity contribution is 5.70. The smallest absolute Gasteiger partial charge is 0.307 e. The van der Waals surface area contributed by atoms with Gasteiger partial charge >= 0.3 is 5.97 Å². The largest absolute Gasteiger partial charge is 0.481 e. The summed E-state index contributed by atoms with van der Waals surface area (Å²) in [5, 5.41) is 11.8. The molecule has 1 aromatic carbocycles. The van der Waals surface area contributed by atoms with Gasteiger partial charge in [0, 0.05) is 10.6 Å². The summed E-state index contributed by atoms with van der Waals surface area (Å²) in [6.07, 6.45) is -0.0607. The van der Waals surface area contributed by atoms with Crippen LogP contribution >= 0.6 is 0 Å². The summed E-state index contributed by atoms with van der Waals surface area (Å²) in [5.41, 5.74) is 9.19. The first-order valence-electron chi connectivity index (χ1n) is 3.58. The van der Waals surface area contributed by atoms with E-state index >= 15 is 0 Å². The van der Waals surface area contributed by atoms with Gasteiger partial charge in [0.2, 0.25) is 0 Å². The van der Waals surface area contributed by atoms with Crippen LogP contribution in [0.1, 0.15) is 5.56 Å². The molecule has 0 bridgehead atoms. The number of hydrogen-bond donors (Lipinski definition) is 1. The van der Waals surface area contributed by atoms with Crippen LogP contribution in [-0.4, -0.2) is 11.1 Å². The van der Waals surface area contributed by atoms with Crippen molar-refractivity contribution >= 4 is 11.7 Å². The van der Waals surface area contributed by atoms with E-state index in [1.807, 2.05) is 0 Å². The molecule has 5 nitrogen and oxygen atoms in total. The Morgan fingerprint density at radius 3 is 3.00 bits per heavy atom. The normalized spacial score (nSPS) is 8.92. The van der Waals surface area contributed by atoms with Crippen LogP contribution in [0.2, 0.25) is 0 Å². The molecular formula is C8H7N3O2. The predicted octanol–water partition coefficient (Wildman–Crippen LogP) is 2.26. The fourth-order valence-corrected chi connectivity index (χ4v) is 0.955. The second-order valence-corrected chi connectivity index (χ2v) is 2.43. The molecule has 0 radical (unpaired) electrons. The van der Waals surface area contributed by atoms with Gasteiger partial charge < -0.3 is 5.11 Å². The first kappa shape index (κ1) is 9.09. The second-order valence-electron chi connectivity index (χ2n) is 2.43. The number of carboxylic acids is 1. The van der Waals surface area contributed by atoms with Crippen LogP contribution in [0.25, 0.3) is 10.4 Å². The number of nitrogens with zero attached hydrogens (tertiary/aromatic N) is 3. The summed E-state index contributed by atoms with van der Waals surface area (Å²) in [4.78, 5) is 12.9. The SMILES string of the molecule is [N-]=[N+]=Nc1cccc(CC(=O)O)c1. The van der Waals surface area contributed by atoms with Crippen molar-refractivity contribution in [3.05, 3.63) is 40.3 Å². The van der Waals surface area contributed by atoms with Crippen molar-refractivity contribution in [3.8, 4) is 0 Å². The van der Waals surface area contributed by atoms with Crippen molar-refractivity contribution in [2.24, 2.45) is 5.11 Å². The van der Waals surface area contributed by atoms with Crippen molar-refractivity contribution < 1.29 is 9.90 Å². The average Bonchev–Trinajstić information content (AvgIpc) is 2.04. The van der Waals surface area contributed by atoms with E-state index in [1.54, 1.807) is 24.3 Å². The molecule has 0 spiro atoms. The summed E-state index contributed by atoms with van der Waals surface area (Å²) in [6, 6.07) is 6.49. The maximum Gasteiger partial charge on any atom is 0.307 e. The molecule has 0 saturated heterocycles. The lowest BCUT2D eigenvalue weighted by molar-refractivity contribution is -0.136. The first-order chi connectivity index (χ1) is 6.22. The van der Waals surface area contributed by atoms with E-state index in [4.69, 9.17) is 10.6 Å². The third-order valence-corrected chi connectivity index (χ3v) is 1.43. The quantitative estimate of drug-likeness (QED) is 0.436. The minimum Gasteiger partial charge on any atom is -0.481 e. The molecule has 66 valence electrons. The standard InChI is InChI=1S/C8H7N3O2/c9-11-10-7-3-1-2-6(4-7)5-8(12)13/h1-4H,5H2,(H,12,13). The first-order valence-corrected chi connectivity index (χ1v) is 3.58. The number of carboxylic acid groups (broad SMARTS) is 1. The molecule has 0 heterocycles. The number of hydrogen-bond acceptors (Lipinski definition) is 2. The van der Waals surface area contributed by atoms with Crippen molar-refractivity contribution in [1.29, 1.82) is 0 Å². The van der Waals surface area contributed by atoms with E-state index in [-0.39, 0.29) is 6.42 Å². The highest BCUT2D eigenvalue weighted by Gasteiger charge is 1.99. The summed E-state index contributed by atoms with van der Waals surface area (Å²) < 4.78 is 0. The highest BCUT2D eigenvalue weighted by atomic mass is 16.4. The van der Waals surface area contributed by atoms with Gasteiger partial charge in [-0.05, 0) is 17.2 Å². The van der Waals surface area contributed by atoms with Crippen molar-refractivity contribution in [3.63, 3.8) is 0 Å². The van der Waals surface area contributed by atoms with Crippen LogP contribution in [-0.2, 0) is 11.2 Å². The maximum absolute atomic E-state index is 10.3. The van der Waals surface area contributed by atoms with E-state index < -0.39 is 5.97 Å². The number of aliphatic carboxylic acids is 1. The van der Waals surface area contributed by atoms with Gasteiger partial charge in [-0.3, -0.25) is 4.79 Å². The van der Waals surface area contributed by atoms with Gasteiger partial charge in [0.05, 0.1) is 6.42 Å². The Bertz CT molecular complexity index is 369. The zero-order valence-electron chi connectivity index (χ0n) is 6.71. The summed E-state index contributed by atoms with van der Waals surface area (Å²) in [7, 11) is 0. The molecule has 0 aliphatic carbocycles. The molecule has 0 fully saturated rings. The topological polar surface area (TPSA) is 86.1 Å². The molecule has 1 N–H and O–H groups in total. The zero-order chi connectivity index (χ0) is 9.68. The van der Waals surface area contributed by atoms with Gasteiger partial charge in [-0.25, -0.2) is 0 Å². The lowest BCUT2D eigenvalue weighted by Gasteiger charge is -1.96. The molecule has 0 aromatic heterocycles. The molecule has 5 heteroatoms. The third kappa shape index (κ3) is 2.84. The second kappa shape index (κ2) is 4.13. The molecule has 0 aliphatic heterocycles. The van der Waals surface area contributed by atoms with E-state index in [2.05, 4.69) is 10.0 Å². The fraction of sp³-hybridized carbons (Fsp3) is 0.125. The van der Waals surface area contributed by atoms with Gasteiger partial charge in [0.1, 0.15) is 0 Å². The molecule has 13 heavy (non-hydrogen) atoms. The van der Waals surface area contributed by atoms with Gasteiger partial charge in [-0.2, -0.15) is 0 Å². The molecule has 0 amide bonds. The van der Waals surface area contributed by atoms with Gasteiger partial charge in [0.15, 0.2) is 0 Å². The van der Waals surface area contributed by atoms with Gasteiger partial charge in [-0.1, -0.05) is 23.3 Å². The fourth-order valence-electron chi connectivity index (χ4n) is 0.955. The number of carbonyl (C=O) groups is 1. The minimum atomic E-state index is -0.905. The molecule has 1 rings (SSSR count). The molecular weight excluding hydrogens is 170 g/mol. The monoisotopic (exact) mass is 177 g/mol. The van der Waals surface area contributed by atoms with Crippen LogP contribution in [0.3, 0.4) is 0 Å². The van der Waals surface area contributed by atoms with Crippen molar-refractivity contribution in [2.45, 2.75) is 6.42 Å². The Morgan fingerprint density at radius 1 is 1.62 bits per heavy atom. The molecule has 1 aromatic rings. The molecule has 0 atom stereocenters. The van der Waals surface area contributed by atoms with Crippen LogP contribution in [0.15, 0.2) is 29.4 Å².